The number of nitrogen functional groups attached to an aromatic ring is 1. The summed E-state index contributed by atoms with van der Waals surface area (Å²) in [4.78, 5) is 10.7. The van der Waals surface area contributed by atoms with Gasteiger partial charge in [0.05, 0.1) is 0 Å². The van der Waals surface area contributed by atoms with Crippen LogP contribution in [0.4, 0.5) is 11.6 Å². The van der Waals surface area contributed by atoms with E-state index in [2.05, 4.69) is 27.0 Å². The average Bonchev–Trinajstić information content (AvgIpc) is 2.35. The number of rotatable bonds is 3. The van der Waals surface area contributed by atoms with Gasteiger partial charge in [0.25, 0.3) is 0 Å². The van der Waals surface area contributed by atoms with Gasteiger partial charge in [0.1, 0.15) is 17.5 Å². The minimum atomic E-state index is 0.553. The Bertz CT molecular complexity index is 537. The van der Waals surface area contributed by atoms with Crippen molar-refractivity contribution in [2.24, 2.45) is 0 Å². The second-order valence-electron chi connectivity index (χ2n) is 4.45. The van der Waals surface area contributed by atoms with E-state index in [1.807, 2.05) is 39.1 Å². The monoisotopic (exact) mass is 242 g/mol. The summed E-state index contributed by atoms with van der Waals surface area (Å²) in [6.07, 6.45) is 0. The maximum atomic E-state index is 5.87. The van der Waals surface area contributed by atoms with Crippen molar-refractivity contribution < 1.29 is 0 Å². The molecule has 2 aromatic rings. The number of nitrogens with zero attached hydrogens (tertiary/aromatic N) is 3. The number of hydrogen-bond donors (Lipinski definition) is 1. The van der Waals surface area contributed by atoms with Crippen LogP contribution in [0.3, 0.4) is 0 Å². The first-order valence-corrected chi connectivity index (χ1v) is 5.93. The van der Waals surface area contributed by atoms with E-state index >= 15 is 0 Å². The maximum absolute atomic E-state index is 5.87. The molecule has 1 heterocycles. The van der Waals surface area contributed by atoms with Gasteiger partial charge in [-0.15, -0.1) is 0 Å². The van der Waals surface area contributed by atoms with Crippen molar-refractivity contribution in [2.75, 3.05) is 17.7 Å². The van der Waals surface area contributed by atoms with Crippen LogP contribution in [0.2, 0.25) is 0 Å². The fraction of sp³-hybridized carbons (Fsp3) is 0.286. The fourth-order valence-electron chi connectivity index (χ4n) is 1.94. The Labute approximate surface area is 107 Å². The molecule has 0 unspecified atom stereocenters. The molecule has 0 spiro atoms. The van der Waals surface area contributed by atoms with Gasteiger partial charge in [-0.3, -0.25) is 0 Å². The van der Waals surface area contributed by atoms with Gasteiger partial charge >= 0.3 is 0 Å². The Morgan fingerprint density at radius 3 is 2.44 bits per heavy atom. The normalized spacial score (nSPS) is 10.4. The van der Waals surface area contributed by atoms with Crippen LogP contribution in [-0.4, -0.2) is 17.0 Å². The summed E-state index contributed by atoms with van der Waals surface area (Å²) in [5.74, 6) is 2.15. The lowest BCUT2D eigenvalue weighted by atomic mass is 10.2. The van der Waals surface area contributed by atoms with Crippen molar-refractivity contribution in [1.29, 1.82) is 0 Å². The second-order valence-corrected chi connectivity index (χ2v) is 4.45. The Morgan fingerprint density at radius 2 is 1.78 bits per heavy atom. The van der Waals surface area contributed by atoms with Crippen molar-refractivity contribution in [3.8, 4) is 0 Å². The molecule has 1 aromatic carbocycles. The van der Waals surface area contributed by atoms with E-state index in [-0.39, 0.29) is 0 Å². The molecule has 2 N–H and O–H groups in total. The zero-order valence-corrected chi connectivity index (χ0v) is 11.0. The predicted octanol–water partition coefficient (Wildman–Crippen LogP) is 2.31. The number of hydrogen-bond acceptors (Lipinski definition) is 4. The highest BCUT2D eigenvalue weighted by atomic mass is 15.2. The van der Waals surface area contributed by atoms with Gasteiger partial charge in [0.2, 0.25) is 0 Å². The highest BCUT2D eigenvalue weighted by Crippen LogP contribution is 2.21. The first kappa shape index (κ1) is 12.4. The fourth-order valence-corrected chi connectivity index (χ4v) is 1.94. The average molecular weight is 242 g/mol. The maximum Gasteiger partial charge on any atom is 0.137 e. The van der Waals surface area contributed by atoms with Crippen molar-refractivity contribution in [3.05, 3.63) is 47.3 Å². The predicted molar refractivity (Wildman–Crippen MR) is 74.5 cm³/mol. The molecule has 0 saturated carbocycles. The molecule has 0 aliphatic rings. The number of aromatic nitrogens is 2. The molecule has 0 aliphatic heterocycles. The summed E-state index contributed by atoms with van der Waals surface area (Å²) < 4.78 is 0. The van der Waals surface area contributed by atoms with E-state index in [1.54, 1.807) is 0 Å². The largest absolute Gasteiger partial charge is 0.383 e. The van der Waals surface area contributed by atoms with Gasteiger partial charge in [0, 0.05) is 19.2 Å². The highest BCUT2D eigenvalue weighted by Gasteiger charge is 2.11. The number of anilines is 2. The van der Waals surface area contributed by atoms with Crippen LogP contribution in [0.5, 0.6) is 0 Å². The van der Waals surface area contributed by atoms with Crippen LogP contribution in [0.1, 0.15) is 17.0 Å². The molecule has 4 heteroatoms. The van der Waals surface area contributed by atoms with Crippen LogP contribution in [0.15, 0.2) is 30.3 Å². The molecule has 0 fully saturated rings. The van der Waals surface area contributed by atoms with E-state index in [4.69, 9.17) is 5.73 Å². The number of benzene rings is 1. The van der Waals surface area contributed by atoms with Crippen LogP contribution < -0.4 is 10.6 Å². The van der Waals surface area contributed by atoms with Crippen LogP contribution >= 0.6 is 0 Å². The lowest BCUT2D eigenvalue weighted by molar-refractivity contribution is 0.872. The summed E-state index contributed by atoms with van der Waals surface area (Å²) in [5, 5.41) is 0. The summed E-state index contributed by atoms with van der Waals surface area (Å²) >= 11 is 0. The second kappa shape index (κ2) is 5.04. The Morgan fingerprint density at radius 1 is 1.11 bits per heavy atom. The first-order valence-electron chi connectivity index (χ1n) is 5.93. The van der Waals surface area contributed by atoms with Gasteiger partial charge in [0.15, 0.2) is 0 Å². The van der Waals surface area contributed by atoms with Gasteiger partial charge < -0.3 is 10.6 Å². The molecule has 0 radical (unpaired) electrons. The smallest absolute Gasteiger partial charge is 0.137 e. The number of nitrogens with two attached hydrogens (primary N) is 1. The van der Waals surface area contributed by atoms with Crippen molar-refractivity contribution in [1.82, 2.24) is 9.97 Å². The Hall–Kier alpha value is -2.10. The molecule has 4 nitrogen and oxygen atoms in total. The topological polar surface area (TPSA) is 55.0 Å². The zero-order chi connectivity index (χ0) is 13.1. The van der Waals surface area contributed by atoms with Crippen molar-refractivity contribution in [3.63, 3.8) is 0 Å². The first-order chi connectivity index (χ1) is 8.58. The third kappa shape index (κ3) is 2.59. The van der Waals surface area contributed by atoms with Gasteiger partial charge in [-0.05, 0) is 19.4 Å². The quantitative estimate of drug-likeness (QED) is 0.897. The van der Waals surface area contributed by atoms with Gasteiger partial charge in [-0.2, -0.15) is 0 Å². The summed E-state index contributed by atoms with van der Waals surface area (Å²) in [5.41, 5.74) is 8.05. The Balaban J connectivity index is 2.26. The molecule has 94 valence electrons. The molecule has 0 saturated heterocycles. The van der Waals surface area contributed by atoms with E-state index in [1.165, 1.54) is 5.56 Å². The van der Waals surface area contributed by atoms with Crippen molar-refractivity contribution >= 4 is 11.6 Å². The molecule has 0 bridgehead atoms. The molecule has 0 aliphatic carbocycles. The standard InChI is InChI=1S/C14H18N4/c1-10-13(15)16-11(2)17-14(10)18(3)9-12-7-5-4-6-8-12/h4-8H,9H2,1-3H3,(H2,15,16,17). The summed E-state index contributed by atoms with van der Waals surface area (Å²) in [7, 11) is 2.02. The molecule has 0 amide bonds. The molecule has 2 rings (SSSR count). The zero-order valence-electron chi connectivity index (χ0n) is 11.0. The lowest BCUT2D eigenvalue weighted by Gasteiger charge is -2.21. The lowest BCUT2D eigenvalue weighted by Crippen LogP contribution is -2.20. The van der Waals surface area contributed by atoms with Crippen LogP contribution in [0.25, 0.3) is 0 Å². The molecular weight excluding hydrogens is 224 g/mol. The van der Waals surface area contributed by atoms with E-state index in [9.17, 15) is 0 Å². The van der Waals surface area contributed by atoms with Crippen LogP contribution in [-0.2, 0) is 6.54 Å². The highest BCUT2D eigenvalue weighted by molar-refractivity contribution is 5.56. The van der Waals surface area contributed by atoms with E-state index < -0.39 is 0 Å². The van der Waals surface area contributed by atoms with Gasteiger partial charge in [-0.1, -0.05) is 30.3 Å². The molecule has 1 aromatic heterocycles. The summed E-state index contributed by atoms with van der Waals surface area (Å²) in [6.45, 7) is 4.61. The molecule has 0 atom stereocenters. The van der Waals surface area contributed by atoms with Crippen LogP contribution in [0, 0.1) is 13.8 Å². The minimum absolute atomic E-state index is 0.553. The third-order valence-electron chi connectivity index (χ3n) is 2.89. The Kier molecular flexibility index (Phi) is 3.46. The minimum Gasteiger partial charge on any atom is -0.383 e. The SMILES string of the molecule is Cc1nc(N)c(C)c(N(C)Cc2ccccc2)n1. The van der Waals surface area contributed by atoms with E-state index in [0.29, 0.717) is 11.6 Å². The molecule has 18 heavy (non-hydrogen) atoms. The molecular formula is C14H18N4. The van der Waals surface area contributed by atoms with Crippen molar-refractivity contribution in [2.45, 2.75) is 20.4 Å². The summed E-state index contributed by atoms with van der Waals surface area (Å²) in [6, 6.07) is 10.3. The third-order valence-corrected chi connectivity index (χ3v) is 2.89. The van der Waals surface area contributed by atoms with Gasteiger partial charge in [-0.25, -0.2) is 9.97 Å². The van der Waals surface area contributed by atoms with E-state index in [0.717, 1.165) is 17.9 Å². The number of aryl methyl sites for hydroxylation is 1.